The molecule has 1 heterocycles. The van der Waals surface area contributed by atoms with Crippen LogP contribution in [0.4, 0.5) is 5.69 Å². The van der Waals surface area contributed by atoms with Crippen LogP contribution in [0.1, 0.15) is 6.92 Å². The van der Waals surface area contributed by atoms with Gasteiger partial charge in [0.1, 0.15) is 5.75 Å². The van der Waals surface area contributed by atoms with Gasteiger partial charge in [-0.25, -0.2) is 4.98 Å². The van der Waals surface area contributed by atoms with Gasteiger partial charge in [-0.05, 0) is 43.3 Å². The Labute approximate surface area is 183 Å². The molecule has 1 amide bonds. The Morgan fingerprint density at radius 3 is 2.55 bits per heavy atom. The summed E-state index contributed by atoms with van der Waals surface area (Å²) < 4.78 is 6.85. The minimum Gasteiger partial charge on any atom is -0.497 e. The summed E-state index contributed by atoms with van der Waals surface area (Å²) in [4.78, 5) is 30.8. The average Bonchev–Trinajstić information content (AvgIpc) is 2.80. The minimum atomic E-state index is -0.481. The van der Waals surface area contributed by atoms with Crippen molar-refractivity contribution < 1.29 is 9.53 Å². The molecule has 1 atom stereocenters. The van der Waals surface area contributed by atoms with Crippen molar-refractivity contribution in [2.24, 2.45) is 0 Å². The minimum absolute atomic E-state index is 0.171. The van der Waals surface area contributed by atoms with Crippen LogP contribution in [-0.4, -0.2) is 27.8 Å². The van der Waals surface area contributed by atoms with Crippen LogP contribution < -0.4 is 15.6 Å². The Morgan fingerprint density at radius 2 is 1.77 bits per heavy atom. The summed E-state index contributed by atoms with van der Waals surface area (Å²) in [5, 5.41) is 3.36. The van der Waals surface area contributed by atoms with Gasteiger partial charge in [-0.1, -0.05) is 48.2 Å². The zero-order valence-corrected chi connectivity index (χ0v) is 17.9. The molecule has 0 saturated carbocycles. The maximum atomic E-state index is 13.4. The molecular weight excluding hydrogens is 410 g/mol. The Bertz CT molecular complexity index is 1290. The summed E-state index contributed by atoms with van der Waals surface area (Å²) in [6.07, 6.45) is 0. The molecule has 3 aromatic carbocycles. The van der Waals surface area contributed by atoms with E-state index in [4.69, 9.17) is 9.72 Å². The SMILES string of the molecule is COc1cccc(-n2c(SC(C)C(=O)Nc3ccccc3)nc3ccccc3c2=O)c1. The topological polar surface area (TPSA) is 73.2 Å². The van der Waals surface area contributed by atoms with Crippen molar-refractivity contribution in [1.29, 1.82) is 0 Å². The second-order valence-electron chi connectivity index (χ2n) is 6.87. The maximum absolute atomic E-state index is 13.4. The normalized spacial score (nSPS) is 11.8. The summed E-state index contributed by atoms with van der Waals surface area (Å²) in [5.41, 5.74) is 1.74. The van der Waals surface area contributed by atoms with Crippen molar-refractivity contribution in [1.82, 2.24) is 9.55 Å². The first kappa shape index (κ1) is 20.7. The molecule has 0 spiro atoms. The van der Waals surface area contributed by atoms with Crippen molar-refractivity contribution >= 4 is 34.3 Å². The van der Waals surface area contributed by atoms with E-state index in [0.29, 0.717) is 27.5 Å². The number of nitrogens with zero attached hydrogens (tertiary/aromatic N) is 2. The van der Waals surface area contributed by atoms with E-state index in [1.54, 1.807) is 32.2 Å². The van der Waals surface area contributed by atoms with E-state index < -0.39 is 5.25 Å². The number of hydrogen-bond acceptors (Lipinski definition) is 5. The number of thioether (sulfide) groups is 1. The highest BCUT2D eigenvalue weighted by Crippen LogP contribution is 2.27. The molecule has 0 fully saturated rings. The number of rotatable bonds is 6. The van der Waals surface area contributed by atoms with E-state index in [2.05, 4.69) is 5.32 Å². The van der Waals surface area contributed by atoms with E-state index >= 15 is 0 Å². The number of benzene rings is 3. The Balaban J connectivity index is 1.75. The number of ether oxygens (including phenoxy) is 1. The maximum Gasteiger partial charge on any atom is 0.266 e. The third-order valence-electron chi connectivity index (χ3n) is 4.75. The third-order valence-corrected chi connectivity index (χ3v) is 5.80. The van der Waals surface area contributed by atoms with Gasteiger partial charge in [-0.15, -0.1) is 0 Å². The third kappa shape index (κ3) is 4.46. The van der Waals surface area contributed by atoms with Gasteiger partial charge in [0.2, 0.25) is 5.91 Å². The molecule has 0 aliphatic carbocycles. The molecule has 0 bridgehead atoms. The highest BCUT2D eigenvalue weighted by Gasteiger charge is 2.20. The highest BCUT2D eigenvalue weighted by molar-refractivity contribution is 8.00. The van der Waals surface area contributed by atoms with Gasteiger partial charge in [-0.3, -0.25) is 14.2 Å². The van der Waals surface area contributed by atoms with Crippen LogP contribution in [0.3, 0.4) is 0 Å². The summed E-state index contributed by atoms with van der Waals surface area (Å²) >= 11 is 1.23. The second kappa shape index (κ2) is 9.06. The first-order chi connectivity index (χ1) is 15.1. The fraction of sp³-hybridized carbons (Fsp3) is 0.125. The summed E-state index contributed by atoms with van der Waals surface area (Å²) in [7, 11) is 1.58. The van der Waals surface area contributed by atoms with E-state index in [-0.39, 0.29) is 11.5 Å². The number of methoxy groups -OCH3 is 1. The molecule has 1 N–H and O–H groups in total. The summed E-state index contributed by atoms with van der Waals surface area (Å²) in [6.45, 7) is 1.79. The Morgan fingerprint density at radius 1 is 1.03 bits per heavy atom. The zero-order valence-electron chi connectivity index (χ0n) is 17.1. The lowest BCUT2D eigenvalue weighted by Crippen LogP contribution is -2.26. The van der Waals surface area contributed by atoms with E-state index in [1.807, 2.05) is 60.7 Å². The monoisotopic (exact) mass is 431 g/mol. The van der Waals surface area contributed by atoms with E-state index in [1.165, 1.54) is 16.3 Å². The predicted molar refractivity (Wildman–Crippen MR) is 124 cm³/mol. The standard InChI is InChI=1S/C24H21N3O3S/c1-16(22(28)25-17-9-4-3-5-10-17)31-24-26-21-14-7-6-13-20(21)23(29)27(24)18-11-8-12-19(15-18)30-2/h3-16H,1-2H3,(H,25,28). The van der Waals surface area contributed by atoms with Gasteiger partial charge in [0, 0.05) is 11.8 Å². The fourth-order valence-corrected chi connectivity index (χ4v) is 4.07. The highest BCUT2D eigenvalue weighted by atomic mass is 32.2. The van der Waals surface area contributed by atoms with Gasteiger partial charge in [0.25, 0.3) is 5.56 Å². The van der Waals surface area contributed by atoms with Crippen LogP contribution >= 0.6 is 11.8 Å². The van der Waals surface area contributed by atoms with Crippen LogP contribution in [0.5, 0.6) is 5.75 Å². The molecule has 0 aliphatic rings. The molecule has 1 aromatic heterocycles. The van der Waals surface area contributed by atoms with Crippen molar-refractivity contribution in [3.63, 3.8) is 0 Å². The van der Waals surface area contributed by atoms with Crippen LogP contribution in [0.2, 0.25) is 0 Å². The lowest BCUT2D eigenvalue weighted by Gasteiger charge is -2.17. The predicted octanol–water partition coefficient (Wildman–Crippen LogP) is 4.51. The number of anilines is 1. The number of nitrogens with one attached hydrogen (secondary N) is 1. The van der Waals surface area contributed by atoms with E-state index in [0.717, 1.165) is 5.69 Å². The number of fused-ring (bicyclic) bond motifs is 1. The smallest absolute Gasteiger partial charge is 0.266 e. The van der Waals surface area contributed by atoms with Gasteiger partial charge in [0.15, 0.2) is 5.16 Å². The van der Waals surface area contributed by atoms with Crippen molar-refractivity contribution in [3.8, 4) is 11.4 Å². The number of carbonyl (C=O) groups is 1. The molecule has 7 heteroatoms. The fourth-order valence-electron chi connectivity index (χ4n) is 3.15. The zero-order chi connectivity index (χ0) is 21.8. The van der Waals surface area contributed by atoms with Gasteiger partial charge in [-0.2, -0.15) is 0 Å². The van der Waals surface area contributed by atoms with Crippen LogP contribution in [0.15, 0.2) is 88.8 Å². The molecule has 0 aliphatic heterocycles. The van der Waals surface area contributed by atoms with Crippen molar-refractivity contribution in [3.05, 3.63) is 89.2 Å². The lowest BCUT2D eigenvalue weighted by molar-refractivity contribution is -0.115. The van der Waals surface area contributed by atoms with Crippen LogP contribution in [0, 0.1) is 0 Å². The first-order valence-electron chi connectivity index (χ1n) is 9.75. The number of hydrogen-bond donors (Lipinski definition) is 1. The Kier molecular flexibility index (Phi) is 6.04. The van der Waals surface area contributed by atoms with Crippen molar-refractivity contribution in [2.75, 3.05) is 12.4 Å². The Hall–Kier alpha value is -3.58. The quantitative estimate of drug-likeness (QED) is 0.359. The molecule has 4 rings (SSSR count). The number of para-hydroxylation sites is 2. The average molecular weight is 432 g/mol. The van der Waals surface area contributed by atoms with Gasteiger partial charge >= 0.3 is 0 Å². The van der Waals surface area contributed by atoms with Crippen molar-refractivity contribution in [2.45, 2.75) is 17.3 Å². The molecule has 1 unspecified atom stereocenters. The molecule has 6 nitrogen and oxygen atoms in total. The number of carbonyl (C=O) groups excluding carboxylic acids is 1. The van der Waals surface area contributed by atoms with Gasteiger partial charge in [0.05, 0.1) is 29.0 Å². The largest absolute Gasteiger partial charge is 0.497 e. The summed E-state index contributed by atoms with van der Waals surface area (Å²) in [6, 6.07) is 23.7. The number of aromatic nitrogens is 2. The van der Waals surface area contributed by atoms with Crippen LogP contribution in [-0.2, 0) is 4.79 Å². The molecule has 31 heavy (non-hydrogen) atoms. The van der Waals surface area contributed by atoms with Gasteiger partial charge < -0.3 is 10.1 Å². The molecule has 0 radical (unpaired) electrons. The second-order valence-corrected chi connectivity index (χ2v) is 8.18. The number of amides is 1. The molecular formula is C24H21N3O3S. The van der Waals surface area contributed by atoms with Crippen LogP contribution in [0.25, 0.3) is 16.6 Å². The van der Waals surface area contributed by atoms with E-state index in [9.17, 15) is 9.59 Å². The summed E-state index contributed by atoms with van der Waals surface area (Å²) in [5.74, 6) is 0.458. The molecule has 4 aromatic rings. The molecule has 156 valence electrons. The lowest BCUT2D eigenvalue weighted by atomic mass is 10.2. The first-order valence-corrected chi connectivity index (χ1v) is 10.6. The molecule has 0 saturated heterocycles.